The van der Waals surface area contributed by atoms with Gasteiger partial charge in [0.25, 0.3) is 5.91 Å². The molecule has 0 radical (unpaired) electrons. The van der Waals surface area contributed by atoms with E-state index in [1.807, 2.05) is 24.3 Å². The largest absolute Gasteiger partial charge is 0.496 e. The van der Waals surface area contributed by atoms with Gasteiger partial charge in [-0.05, 0) is 43.3 Å². The Morgan fingerprint density at radius 2 is 1.81 bits per heavy atom. The molecular formula is C16H15ClN2O2. The Kier molecular flexibility index (Phi) is 4.95. The van der Waals surface area contributed by atoms with Crippen molar-refractivity contribution in [3.05, 3.63) is 64.7 Å². The van der Waals surface area contributed by atoms with Crippen LogP contribution in [0.25, 0.3) is 0 Å². The van der Waals surface area contributed by atoms with E-state index in [0.717, 1.165) is 5.56 Å². The minimum Gasteiger partial charge on any atom is -0.496 e. The lowest BCUT2D eigenvalue weighted by molar-refractivity contribution is 0.0955. The lowest BCUT2D eigenvalue weighted by Crippen LogP contribution is -2.19. The van der Waals surface area contributed by atoms with Crippen LogP contribution >= 0.6 is 11.6 Å². The summed E-state index contributed by atoms with van der Waals surface area (Å²) >= 11 is 5.78. The predicted molar refractivity (Wildman–Crippen MR) is 84.1 cm³/mol. The van der Waals surface area contributed by atoms with Gasteiger partial charge in [-0.3, -0.25) is 4.79 Å². The van der Waals surface area contributed by atoms with E-state index in [2.05, 4.69) is 10.5 Å². The third-order valence-corrected chi connectivity index (χ3v) is 3.18. The Labute approximate surface area is 128 Å². The zero-order valence-electron chi connectivity index (χ0n) is 11.8. The van der Waals surface area contributed by atoms with Gasteiger partial charge in [-0.2, -0.15) is 5.10 Å². The fraction of sp³-hybridized carbons (Fsp3) is 0.125. The Balaban J connectivity index is 2.13. The highest BCUT2D eigenvalue weighted by atomic mass is 35.5. The number of benzene rings is 2. The molecule has 1 amide bonds. The molecule has 1 N–H and O–H groups in total. The van der Waals surface area contributed by atoms with Crippen molar-refractivity contribution in [1.29, 1.82) is 0 Å². The zero-order chi connectivity index (χ0) is 15.2. The van der Waals surface area contributed by atoms with E-state index in [4.69, 9.17) is 16.3 Å². The number of nitrogens with one attached hydrogen (secondary N) is 1. The molecule has 0 fully saturated rings. The normalized spacial score (nSPS) is 11.1. The number of methoxy groups -OCH3 is 1. The third-order valence-electron chi connectivity index (χ3n) is 2.93. The minimum atomic E-state index is -0.291. The van der Waals surface area contributed by atoms with Gasteiger partial charge in [0.15, 0.2) is 0 Å². The first-order valence-corrected chi connectivity index (χ1v) is 6.73. The summed E-state index contributed by atoms with van der Waals surface area (Å²) in [6.07, 6.45) is 0. The molecule has 2 aromatic carbocycles. The van der Waals surface area contributed by atoms with E-state index in [0.29, 0.717) is 22.0 Å². The molecule has 0 unspecified atom stereocenters. The van der Waals surface area contributed by atoms with E-state index >= 15 is 0 Å². The molecule has 0 spiro atoms. The topological polar surface area (TPSA) is 50.7 Å². The molecule has 0 saturated carbocycles. The molecule has 2 rings (SSSR count). The van der Waals surface area contributed by atoms with Gasteiger partial charge < -0.3 is 4.74 Å². The molecule has 108 valence electrons. The van der Waals surface area contributed by atoms with Crippen LogP contribution in [-0.4, -0.2) is 18.7 Å². The number of carbonyl (C=O) groups is 1. The number of para-hydroxylation sites is 1. The fourth-order valence-electron chi connectivity index (χ4n) is 1.80. The lowest BCUT2D eigenvalue weighted by Gasteiger charge is -2.08. The first kappa shape index (κ1) is 15.1. The molecule has 2 aromatic rings. The van der Waals surface area contributed by atoms with Crippen LogP contribution in [0.4, 0.5) is 0 Å². The van der Waals surface area contributed by atoms with Crippen molar-refractivity contribution in [1.82, 2.24) is 5.43 Å². The molecule has 21 heavy (non-hydrogen) atoms. The van der Waals surface area contributed by atoms with Gasteiger partial charge in [-0.15, -0.1) is 0 Å². The van der Waals surface area contributed by atoms with Crippen molar-refractivity contribution >= 4 is 23.2 Å². The van der Waals surface area contributed by atoms with Crippen molar-refractivity contribution in [2.24, 2.45) is 5.10 Å². The van der Waals surface area contributed by atoms with Gasteiger partial charge in [-0.25, -0.2) is 5.43 Å². The van der Waals surface area contributed by atoms with Crippen LogP contribution < -0.4 is 10.2 Å². The molecule has 0 aromatic heterocycles. The summed E-state index contributed by atoms with van der Waals surface area (Å²) < 4.78 is 5.26. The maximum atomic E-state index is 12.0. The molecule has 0 aliphatic carbocycles. The molecule has 0 bridgehead atoms. The van der Waals surface area contributed by atoms with Crippen LogP contribution in [0, 0.1) is 0 Å². The standard InChI is InChI=1S/C16H15ClN2O2/c1-11(14-5-3-4-6-15(14)21-2)18-19-16(20)12-7-9-13(17)10-8-12/h3-10H,1-2H3,(H,19,20)/b18-11-. The molecular weight excluding hydrogens is 288 g/mol. The molecule has 0 atom stereocenters. The van der Waals surface area contributed by atoms with Crippen molar-refractivity contribution in [3.8, 4) is 5.75 Å². The first-order chi connectivity index (χ1) is 10.1. The summed E-state index contributed by atoms with van der Waals surface area (Å²) in [4.78, 5) is 12.0. The van der Waals surface area contributed by atoms with Crippen molar-refractivity contribution in [2.45, 2.75) is 6.92 Å². The average molecular weight is 303 g/mol. The maximum Gasteiger partial charge on any atom is 0.271 e. The van der Waals surface area contributed by atoms with Crippen molar-refractivity contribution < 1.29 is 9.53 Å². The van der Waals surface area contributed by atoms with Gasteiger partial charge in [0, 0.05) is 16.1 Å². The van der Waals surface area contributed by atoms with Crippen molar-refractivity contribution in [3.63, 3.8) is 0 Å². The SMILES string of the molecule is COc1ccccc1/C(C)=N\NC(=O)c1ccc(Cl)cc1. The van der Waals surface area contributed by atoms with E-state index in [-0.39, 0.29) is 5.91 Å². The number of nitrogens with zero attached hydrogens (tertiary/aromatic N) is 1. The lowest BCUT2D eigenvalue weighted by atomic mass is 10.1. The average Bonchev–Trinajstić information content (AvgIpc) is 2.52. The van der Waals surface area contributed by atoms with E-state index in [1.54, 1.807) is 38.3 Å². The molecule has 0 aliphatic heterocycles. The van der Waals surface area contributed by atoms with Gasteiger partial charge in [0.05, 0.1) is 12.8 Å². The van der Waals surface area contributed by atoms with Crippen molar-refractivity contribution in [2.75, 3.05) is 7.11 Å². The number of hydrazone groups is 1. The monoisotopic (exact) mass is 302 g/mol. The zero-order valence-corrected chi connectivity index (χ0v) is 12.5. The van der Waals surface area contributed by atoms with Crippen LogP contribution in [-0.2, 0) is 0 Å². The predicted octanol–water partition coefficient (Wildman–Crippen LogP) is 3.50. The smallest absolute Gasteiger partial charge is 0.271 e. The summed E-state index contributed by atoms with van der Waals surface area (Å²) in [6.45, 7) is 1.81. The molecule has 0 aliphatic rings. The number of hydrogen-bond acceptors (Lipinski definition) is 3. The van der Waals surface area contributed by atoms with Gasteiger partial charge >= 0.3 is 0 Å². The third kappa shape index (κ3) is 3.83. The van der Waals surface area contributed by atoms with Gasteiger partial charge in [-0.1, -0.05) is 23.7 Å². The highest BCUT2D eigenvalue weighted by Gasteiger charge is 2.07. The van der Waals surface area contributed by atoms with Gasteiger partial charge in [0.2, 0.25) is 0 Å². The summed E-state index contributed by atoms with van der Waals surface area (Å²) in [7, 11) is 1.60. The van der Waals surface area contributed by atoms with Crippen LogP contribution in [0.1, 0.15) is 22.8 Å². The number of rotatable bonds is 4. The van der Waals surface area contributed by atoms with E-state index < -0.39 is 0 Å². The Morgan fingerprint density at radius 3 is 2.48 bits per heavy atom. The van der Waals surface area contributed by atoms with Gasteiger partial charge in [0.1, 0.15) is 5.75 Å². The second kappa shape index (κ2) is 6.90. The number of amides is 1. The number of hydrogen-bond donors (Lipinski definition) is 1. The highest BCUT2D eigenvalue weighted by Crippen LogP contribution is 2.18. The molecule has 5 heteroatoms. The van der Waals surface area contributed by atoms with Crippen LogP contribution in [0.3, 0.4) is 0 Å². The summed E-state index contributed by atoms with van der Waals surface area (Å²) in [5.41, 5.74) is 4.51. The quantitative estimate of drug-likeness (QED) is 0.694. The number of carbonyl (C=O) groups excluding carboxylic acids is 1. The highest BCUT2D eigenvalue weighted by molar-refractivity contribution is 6.30. The first-order valence-electron chi connectivity index (χ1n) is 6.35. The van der Waals surface area contributed by atoms with Crippen LogP contribution in [0.15, 0.2) is 53.6 Å². The maximum absolute atomic E-state index is 12.0. The molecule has 0 saturated heterocycles. The molecule has 0 heterocycles. The van der Waals surface area contributed by atoms with Crippen LogP contribution in [0.5, 0.6) is 5.75 Å². The van der Waals surface area contributed by atoms with E-state index in [1.165, 1.54) is 0 Å². The Bertz CT molecular complexity index is 666. The second-order valence-electron chi connectivity index (χ2n) is 4.35. The molecule has 4 nitrogen and oxygen atoms in total. The van der Waals surface area contributed by atoms with Crippen LogP contribution in [0.2, 0.25) is 5.02 Å². The van der Waals surface area contributed by atoms with E-state index in [9.17, 15) is 4.79 Å². The number of halogens is 1. The fourth-order valence-corrected chi connectivity index (χ4v) is 1.93. The second-order valence-corrected chi connectivity index (χ2v) is 4.78. The summed E-state index contributed by atoms with van der Waals surface area (Å²) in [6, 6.07) is 14.1. The summed E-state index contributed by atoms with van der Waals surface area (Å²) in [5.74, 6) is 0.417. The Hall–Kier alpha value is -2.33. The minimum absolute atomic E-state index is 0.291. The number of ether oxygens (including phenoxy) is 1. The Morgan fingerprint density at radius 1 is 1.14 bits per heavy atom. The summed E-state index contributed by atoms with van der Waals surface area (Å²) in [5, 5.41) is 4.69.